The molecule has 0 saturated carbocycles. The second kappa shape index (κ2) is 5.74. The molecule has 2 fully saturated rings. The van der Waals surface area contributed by atoms with Gasteiger partial charge in [0.25, 0.3) is 0 Å². The van der Waals surface area contributed by atoms with Crippen LogP contribution in [-0.2, 0) is 4.79 Å². The second-order valence-electron chi connectivity index (χ2n) is 7.53. The minimum absolute atomic E-state index is 0.0132. The molecular formula is C17H26N4O2. The van der Waals surface area contributed by atoms with Gasteiger partial charge in [-0.3, -0.25) is 9.78 Å². The summed E-state index contributed by atoms with van der Waals surface area (Å²) in [4.78, 5) is 24.7. The molecule has 6 nitrogen and oxygen atoms in total. The van der Waals surface area contributed by atoms with Crippen molar-refractivity contribution >= 4 is 11.7 Å². The predicted octanol–water partition coefficient (Wildman–Crippen LogP) is 1.45. The van der Waals surface area contributed by atoms with E-state index >= 15 is 0 Å². The van der Waals surface area contributed by atoms with Crippen molar-refractivity contribution in [2.24, 2.45) is 5.41 Å². The molecule has 1 amide bonds. The van der Waals surface area contributed by atoms with E-state index in [4.69, 9.17) is 0 Å². The lowest BCUT2D eigenvalue weighted by Crippen LogP contribution is -2.64. The Kier molecular flexibility index (Phi) is 4.04. The van der Waals surface area contributed by atoms with E-state index in [0.29, 0.717) is 0 Å². The average molecular weight is 318 g/mol. The zero-order chi connectivity index (χ0) is 16.7. The van der Waals surface area contributed by atoms with E-state index in [-0.39, 0.29) is 11.3 Å². The Morgan fingerprint density at radius 1 is 1.30 bits per heavy atom. The molecule has 2 saturated heterocycles. The number of carbonyl (C=O) groups excluding carboxylic acids is 1. The predicted molar refractivity (Wildman–Crippen MR) is 88.0 cm³/mol. The zero-order valence-corrected chi connectivity index (χ0v) is 14.2. The number of carbonyl (C=O) groups is 1. The first-order valence-corrected chi connectivity index (χ1v) is 8.31. The first kappa shape index (κ1) is 16.2. The topological polar surface area (TPSA) is 69.6 Å². The Bertz CT molecular complexity index is 567. The lowest BCUT2D eigenvalue weighted by atomic mass is 9.67. The lowest BCUT2D eigenvalue weighted by molar-refractivity contribution is -0.155. The molecule has 0 radical (unpaired) electrons. The Labute approximate surface area is 137 Å². The number of likely N-dealkylation sites (tertiary alicyclic amines) is 1. The van der Waals surface area contributed by atoms with Gasteiger partial charge in [-0.25, -0.2) is 4.98 Å². The van der Waals surface area contributed by atoms with Crippen LogP contribution >= 0.6 is 0 Å². The molecule has 3 heterocycles. The van der Waals surface area contributed by atoms with Gasteiger partial charge < -0.3 is 14.9 Å². The van der Waals surface area contributed by atoms with E-state index in [2.05, 4.69) is 14.9 Å². The van der Waals surface area contributed by atoms with Gasteiger partial charge in [0.15, 0.2) is 0 Å². The molecule has 2 aliphatic heterocycles. The molecule has 0 aromatic carbocycles. The smallest absolute Gasteiger partial charge is 0.219 e. The molecule has 0 aliphatic carbocycles. The average Bonchev–Trinajstić information content (AvgIpc) is 2.53. The van der Waals surface area contributed by atoms with Gasteiger partial charge in [-0.05, 0) is 38.5 Å². The molecule has 1 spiro atoms. The highest BCUT2D eigenvalue weighted by Gasteiger charge is 2.50. The van der Waals surface area contributed by atoms with E-state index in [1.165, 1.54) is 0 Å². The fourth-order valence-electron chi connectivity index (χ4n) is 3.99. The molecular weight excluding hydrogens is 292 g/mol. The van der Waals surface area contributed by atoms with Gasteiger partial charge in [-0.1, -0.05) is 0 Å². The molecule has 1 aromatic heterocycles. The number of anilines is 1. The molecule has 1 N–H and O–H groups in total. The molecule has 6 heteroatoms. The maximum atomic E-state index is 12.1. The largest absolute Gasteiger partial charge is 0.391 e. The van der Waals surface area contributed by atoms with Crippen LogP contribution in [-0.4, -0.2) is 57.2 Å². The lowest BCUT2D eigenvalue weighted by Gasteiger charge is -2.55. The maximum Gasteiger partial charge on any atom is 0.219 e. The first-order chi connectivity index (χ1) is 10.8. The van der Waals surface area contributed by atoms with Crippen LogP contribution in [0, 0.1) is 5.41 Å². The van der Waals surface area contributed by atoms with Crippen molar-refractivity contribution in [1.82, 2.24) is 14.9 Å². The Hall–Kier alpha value is -1.69. The number of aromatic nitrogens is 2. The quantitative estimate of drug-likeness (QED) is 0.849. The summed E-state index contributed by atoms with van der Waals surface area (Å²) in [7, 11) is 0. The fourth-order valence-corrected chi connectivity index (χ4v) is 3.99. The van der Waals surface area contributed by atoms with Gasteiger partial charge in [-0.2, -0.15) is 0 Å². The van der Waals surface area contributed by atoms with Crippen molar-refractivity contribution in [3.05, 3.63) is 18.6 Å². The van der Waals surface area contributed by atoms with Crippen LogP contribution < -0.4 is 4.90 Å². The van der Waals surface area contributed by atoms with Crippen molar-refractivity contribution < 1.29 is 9.90 Å². The van der Waals surface area contributed by atoms with Crippen LogP contribution in [0.3, 0.4) is 0 Å². The Morgan fingerprint density at radius 3 is 2.57 bits per heavy atom. The maximum absolute atomic E-state index is 12.1. The molecule has 1 atom stereocenters. The molecule has 1 aromatic rings. The third-order valence-electron chi connectivity index (χ3n) is 5.71. The third kappa shape index (κ3) is 2.92. The molecule has 3 rings (SSSR count). The molecule has 126 valence electrons. The van der Waals surface area contributed by atoms with E-state index in [1.54, 1.807) is 25.5 Å². The molecule has 0 bridgehead atoms. The number of hydrogen-bond donors (Lipinski definition) is 1. The number of aliphatic hydroxyl groups excluding tert-OH is 1. The monoisotopic (exact) mass is 318 g/mol. The number of hydrogen-bond acceptors (Lipinski definition) is 5. The summed E-state index contributed by atoms with van der Waals surface area (Å²) in [5, 5.41) is 10.6. The standard InChI is InChI=1S/C17H26N4O2/c1-13(22)21-12-17(10-14(23)16(21,2)3)4-8-20(9-5-17)15-11-18-6-7-19-15/h6-7,11,14,23H,4-5,8-10,12H2,1-3H3/t14-/m1/s1. The highest BCUT2D eigenvalue weighted by molar-refractivity contribution is 5.74. The highest BCUT2D eigenvalue weighted by Crippen LogP contribution is 2.45. The second-order valence-corrected chi connectivity index (χ2v) is 7.53. The SMILES string of the molecule is CC(=O)N1CC2(CCN(c3cnccn3)CC2)C[C@@H](O)C1(C)C. The fraction of sp³-hybridized carbons (Fsp3) is 0.706. The van der Waals surface area contributed by atoms with E-state index in [0.717, 1.165) is 44.7 Å². The van der Waals surface area contributed by atoms with Gasteiger partial charge in [-0.15, -0.1) is 0 Å². The zero-order valence-electron chi connectivity index (χ0n) is 14.2. The number of aliphatic hydroxyl groups is 1. The van der Waals surface area contributed by atoms with Crippen molar-refractivity contribution in [3.8, 4) is 0 Å². The van der Waals surface area contributed by atoms with Gasteiger partial charge in [0.2, 0.25) is 5.91 Å². The summed E-state index contributed by atoms with van der Waals surface area (Å²) in [5.41, 5.74) is -0.474. The number of amides is 1. The number of nitrogens with zero attached hydrogens (tertiary/aromatic N) is 4. The summed E-state index contributed by atoms with van der Waals surface area (Å²) >= 11 is 0. The summed E-state index contributed by atoms with van der Waals surface area (Å²) in [6, 6.07) is 0. The van der Waals surface area contributed by atoms with Gasteiger partial charge >= 0.3 is 0 Å². The van der Waals surface area contributed by atoms with Crippen LogP contribution in [0.25, 0.3) is 0 Å². The number of piperidine rings is 2. The Morgan fingerprint density at radius 2 is 2.00 bits per heavy atom. The number of rotatable bonds is 1. The van der Waals surface area contributed by atoms with Crippen molar-refractivity contribution in [1.29, 1.82) is 0 Å². The van der Waals surface area contributed by atoms with Gasteiger partial charge in [0, 0.05) is 39.0 Å². The van der Waals surface area contributed by atoms with Crippen LogP contribution in [0.15, 0.2) is 18.6 Å². The normalized spacial score (nSPS) is 26.3. The summed E-state index contributed by atoms with van der Waals surface area (Å²) in [6.07, 6.45) is 7.38. The molecule has 0 unspecified atom stereocenters. The summed E-state index contributed by atoms with van der Waals surface area (Å²) in [5.74, 6) is 0.951. The van der Waals surface area contributed by atoms with Crippen molar-refractivity contribution in [2.45, 2.75) is 51.7 Å². The van der Waals surface area contributed by atoms with Crippen molar-refractivity contribution in [2.75, 3.05) is 24.5 Å². The first-order valence-electron chi connectivity index (χ1n) is 8.31. The summed E-state index contributed by atoms with van der Waals surface area (Å²) < 4.78 is 0. The summed E-state index contributed by atoms with van der Waals surface area (Å²) in [6.45, 7) is 8.03. The Balaban J connectivity index is 1.74. The van der Waals surface area contributed by atoms with Crippen LogP contribution in [0.4, 0.5) is 5.82 Å². The van der Waals surface area contributed by atoms with Gasteiger partial charge in [0.1, 0.15) is 5.82 Å². The highest BCUT2D eigenvalue weighted by atomic mass is 16.3. The molecule has 23 heavy (non-hydrogen) atoms. The molecule has 2 aliphatic rings. The minimum Gasteiger partial charge on any atom is -0.391 e. The van der Waals surface area contributed by atoms with Crippen molar-refractivity contribution in [3.63, 3.8) is 0 Å². The van der Waals surface area contributed by atoms with E-state index in [9.17, 15) is 9.90 Å². The van der Waals surface area contributed by atoms with Crippen LogP contribution in [0.5, 0.6) is 0 Å². The van der Waals surface area contributed by atoms with Crippen LogP contribution in [0.1, 0.15) is 40.0 Å². The minimum atomic E-state index is -0.487. The third-order valence-corrected chi connectivity index (χ3v) is 5.71. The van der Waals surface area contributed by atoms with E-state index in [1.807, 2.05) is 18.7 Å². The van der Waals surface area contributed by atoms with Gasteiger partial charge in [0.05, 0.1) is 17.8 Å². The van der Waals surface area contributed by atoms with Crippen LogP contribution in [0.2, 0.25) is 0 Å². The van der Waals surface area contributed by atoms with E-state index < -0.39 is 11.6 Å².